The molecule has 6 amide bonds. The fourth-order valence-electron chi connectivity index (χ4n) is 15.6. The summed E-state index contributed by atoms with van der Waals surface area (Å²) in [5, 5.41) is 18.3. The van der Waals surface area contributed by atoms with Crippen LogP contribution < -0.4 is 26.6 Å². The van der Waals surface area contributed by atoms with Crippen LogP contribution in [0.1, 0.15) is 150 Å². The van der Waals surface area contributed by atoms with Crippen LogP contribution in [0.15, 0.2) is 224 Å². The first-order valence-electron chi connectivity index (χ1n) is 40.9. The summed E-state index contributed by atoms with van der Waals surface area (Å²) in [7, 11) is 4.32. The van der Waals surface area contributed by atoms with Gasteiger partial charge in [-0.15, -0.1) is 0 Å². The number of halogens is 12. The van der Waals surface area contributed by atoms with Crippen molar-refractivity contribution < 1.29 is 86.2 Å². The molecule has 6 N–H and O–H groups in total. The fraction of sp³-hybridized carbons (Fsp3) is 0.224. The summed E-state index contributed by atoms with van der Waals surface area (Å²) in [5.74, 6) is -9.47. The van der Waals surface area contributed by atoms with Gasteiger partial charge in [-0.25, -0.2) is 39.5 Å². The molecular weight excluding hydrogens is 1690 g/mol. The molecule has 0 bridgehead atoms. The lowest BCUT2D eigenvalue weighted by Gasteiger charge is -2.38. The van der Waals surface area contributed by atoms with E-state index in [2.05, 4.69) is 51.6 Å². The third kappa shape index (κ3) is 22.7. The highest BCUT2D eigenvalue weighted by atomic mass is 19.4. The maximum absolute atomic E-state index is 14.5. The van der Waals surface area contributed by atoms with Gasteiger partial charge in [-0.1, -0.05) is 85.6 Å². The summed E-state index contributed by atoms with van der Waals surface area (Å²) in [5.41, 5.74) is 10.4. The molecule has 19 nitrogen and oxygen atoms in total. The minimum Gasteiger partial charge on any atom is -0.378 e. The Morgan fingerprint density at radius 2 is 0.961 bits per heavy atom. The van der Waals surface area contributed by atoms with Gasteiger partial charge >= 0.3 is 6.18 Å². The Morgan fingerprint density at radius 3 is 1.42 bits per heavy atom. The van der Waals surface area contributed by atoms with Crippen molar-refractivity contribution in [2.24, 2.45) is 0 Å². The second-order valence-corrected chi connectivity index (χ2v) is 31.5. The van der Waals surface area contributed by atoms with Gasteiger partial charge in [0.25, 0.3) is 17.7 Å². The summed E-state index contributed by atoms with van der Waals surface area (Å²) in [6, 6.07) is 42.3. The smallest absolute Gasteiger partial charge is 0.378 e. The number of hydrogen-bond acceptors (Lipinski definition) is 11. The van der Waals surface area contributed by atoms with Crippen molar-refractivity contribution in [1.29, 1.82) is 0 Å². The minimum absolute atomic E-state index is 0.0175. The van der Waals surface area contributed by atoms with Gasteiger partial charge in [0.15, 0.2) is 0 Å². The number of carbonyl (C=O) groups is 6. The van der Waals surface area contributed by atoms with E-state index in [0.717, 1.165) is 99.6 Å². The number of nitrogens with zero attached hydrogens (tertiary/aromatic N) is 6. The van der Waals surface area contributed by atoms with Crippen LogP contribution in [0.3, 0.4) is 0 Å². The Kier molecular flexibility index (Phi) is 29.0. The number of pyridine rings is 3. The molecule has 0 radical (unpaired) electrons. The molecule has 13 aromatic rings. The third-order valence-electron chi connectivity index (χ3n) is 22.0. The van der Waals surface area contributed by atoms with E-state index in [-0.39, 0.29) is 107 Å². The van der Waals surface area contributed by atoms with Crippen LogP contribution in [-0.4, -0.2) is 110 Å². The van der Waals surface area contributed by atoms with Gasteiger partial charge in [0.1, 0.15) is 64.6 Å². The summed E-state index contributed by atoms with van der Waals surface area (Å²) in [6.07, 6.45) is 1.72. The summed E-state index contributed by atoms with van der Waals surface area (Å²) >= 11 is 0. The van der Waals surface area contributed by atoms with E-state index in [4.69, 9.17) is 4.74 Å². The van der Waals surface area contributed by atoms with Crippen LogP contribution in [-0.2, 0) is 63.9 Å². The lowest BCUT2D eigenvalue weighted by Crippen LogP contribution is -2.54. The highest BCUT2D eigenvalue weighted by Crippen LogP contribution is 2.39. The topological polar surface area (TPSA) is 247 Å². The van der Waals surface area contributed by atoms with E-state index in [1.54, 1.807) is 54.6 Å². The average Bonchev–Trinajstić information content (AvgIpc) is 0.842. The second-order valence-electron chi connectivity index (χ2n) is 31.5. The molecule has 664 valence electrons. The van der Waals surface area contributed by atoms with Crippen LogP contribution >= 0.6 is 0 Å². The van der Waals surface area contributed by atoms with Crippen molar-refractivity contribution in [3.63, 3.8) is 0 Å². The number of ether oxygens (including phenoxy) is 1. The largest absolute Gasteiger partial charge is 0.416 e. The zero-order valence-corrected chi connectivity index (χ0v) is 70.6. The quantitative estimate of drug-likeness (QED) is 0.0278. The highest BCUT2D eigenvalue weighted by molar-refractivity contribution is 5.98. The number of rotatable bonds is 26. The number of likely N-dealkylation sites (tertiary alicyclic amines) is 1. The Hall–Kier alpha value is -14.4. The van der Waals surface area contributed by atoms with Crippen molar-refractivity contribution >= 4 is 51.9 Å². The van der Waals surface area contributed by atoms with E-state index in [9.17, 15) is 81.5 Å². The maximum Gasteiger partial charge on any atom is 0.416 e. The number of carbonyl (C=O) groups excluding carboxylic acids is 6. The Bertz CT molecular complexity index is 6370. The zero-order valence-electron chi connectivity index (χ0n) is 70.6. The lowest BCUT2D eigenvalue weighted by atomic mass is 9.94. The molecule has 1 fully saturated rings. The fourth-order valence-corrected chi connectivity index (χ4v) is 15.6. The average molecular weight is 1770 g/mol. The first-order chi connectivity index (χ1) is 61.6. The van der Waals surface area contributed by atoms with Crippen molar-refractivity contribution in [3.05, 3.63) is 361 Å². The molecule has 0 saturated carbocycles. The number of alkyl halides is 3. The molecule has 2 aliphatic rings. The molecule has 3 atom stereocenters. The van der Waals surface area contributed by atoms with E-state index < -0.39 is 100 Å². The van der Waals surface area contributed by atoms with Crippen LogP contribution in [0.4, 0.5) is 52.7 Å². The normalized spacial score (nSPS) is 13.1. The summed E-state index contributed by atoms with van der Waals surface area (Å²) in [4.78, 5) is 96.5. The van der Waals surface area contributed by atoms with Gasteiger partial charge in [0.2, 0.25) is 17.7 Å². The van der Waals surface area contributed by atoms with Crippen molar-refractivity contribution in [3.8, 4) is 33.4 Å². The molecule has 15 rings (SSSR count). The minimum atomic E-state index is -4.58. The van der Waals surface area contributed by atoms with E-state index in [1.807, 2.05) is 64.1 Å². The van der Waals surface area contributed by atoms with E-state index >= 15 is 0 Å². The number of methoxy groups -OCH3 is 1. The number of hydrogen-bond donors (Lipinski definition) is 6. The number of benzene rings is 8. The molecular formula is C98H86F12N12O7. The Morgan fingerprint density at radius 1 is 0.504 bits per heavy atom. The Balaban J connectivity index is 0.000000166. The van der Waals surface area contributed by atoms with Crippen LogP contribution in [0.2, 0.25) is 0 Å². The first-order valence-corrected chi connectivity index (χ1v) is 40.9. The van der Waals surface area contributed by atoms with Crippen LogP contribution in [0, 0.1) is 59.3 Å². The molecule has 31 heteroatoms. The van der Waals surface area contributed by atoms with Gasteiger partial charge in [0.05, 0.1) is 76.5 Å². The number of allylic oxidation sites excluding steroid dienone is 1. The standard InChI is InChI=1S/C34H35F3N6O4.C32H24F6N4O2.C32H27F3N2O/c1-19(2)28-15-30(34(46)42-16-24(17-42)47-4)43(41-28)18-31(44)40-29(12-20-10-22(35)14-23(36)11-20)32-25(6-5-9-39-32)21-7-8-27(37)26(13-21)33(45)38-3;1-39-31(44)25-12-18(4-6-26(25)35)23-3-2-8-40-30(23)28(11-17-9-21(33)15-22(34)10-17)42-29(43)13-19-16-41-27-7-5-20(14-24(19)27)32(36,37)38;1-19-5-7-22(8-6-19)27-4-3-11-36-32(27)30(15-21-13-25(34)16-26(35)14-21)37-31(38)18-28-20(2)12-23-9-10-24(33)17-29(23)28/h5-11,13-15,19,24,29H,12,16-18H2,1-4H3,(H,38,45)(H,40,44);2-10,12,14-16,28,41H,11,13H2,1H3,(H,39,44)(H,42,43);3-11,13-14,16-17,30H,12,15,18H2,1-2H3,(H,37,38)/t29-;28-;30-/m000/s1. The molecule has 1 saturated heterocycles. The molecule has 1 aliphatic carbocycles. The molecule has 129 heavy (non-hydrogen) atoms. The highest BCUT2D eigenvalue weighted by Gasteiger charge is 2.36. The molecule has 8 aromatic carbocycles. The predicted octanol–water partition coefficient (Wildman–Crippen LogP) is 18.4. The molecule has 1 aliphatic heterocycles. The van der Waals surface area contributed by atoms with E-state index in [1.165, 1.54) is 92.0 Å². The molecule has 6 heterocycles. The maximum atomic E-state index is 14.5. The van der Waals surface area contributed by atoms with Crippen molar-refractivity contribution in [2.75, 3.05) is 34.3 Å². The van der Waals surface area contributed by atoms with Gasteiger partial charge in [-0.3, -0.25) is 48.4 Å². The number of aryl methyl sites for hydroxylation is 1. The van der Waals surface area contributed by atoms with Gasteiger partial charge < -0.3 is 41.2 Å². The third-order valence-corrected chi connectivity index (χ3v) is 22.0. The summed E-state index contributed by atoms with van der Waals surface area (Å²) in [6.45, 7) is 8.30. The molecule has 5 aromatic heterocycles. The van der Waals surface area contributed by atoms with Crippen molar-refractivity contribution in [1.82, 2.24) is 61.2 Å². The van der Waals surface area contributed by atoms with Crippen LogP contribution in [0.25, 0.3) is 49.9 Å². The monoisotopic (exact) mass is 1770 g/mol. The Labute approximate surface area is 733 Å². The number of amides is 6. The summed E-state index contributed by atoms with van der Waals surface area (Å²) < 4.78 is 174. The molecule has 0 spiro atoms. The first kappa shape index (κ1) is 92.3. The second kappa shape index (κ2) is 40.5. The number of aromatic amines is 1. The number of aromatic nitrogens is 6. The van der Waals surface area contributed by atoms with Gasteiger partial charge in [0, 0.05) is 105 Å². The SMILES string of the molecule is CC1=C(CC(=O)N[C@@H](Cc2cc(F)cc(F)c2)c2ncccc2-c2ccc(C)cc2)c2cc(F)ccc2C1.CNC(=O)c1cc(-c2cccnc2[C@H](Cc2cc(F)cc(F)c2)NC(=O)Cc2c[nH]c3ccc(C(F)(F)F)cc23)ccc1F.CNC(=O)c1cc(-c2cccnc2[C@H](Cc2cc(F)cc(F)c2)NC(=O)Cn2nc(C(C)C)cc2C(=O)N2CC(OC)C2)ccc1F. The van der Waals surface area contributed by atoms with Crippen LogP contribution in [0.5, 0.6) is 0 Å². The predicted molar refractivity (Wildman–Crippen MR) is 461 cm³/mol. The van der Waals surface area contributed by atoms with Gasteiger partial charge in [-0.2, -0.15) is 18.3 Å². The number of H-pyrrole nitrogens is 1. The van der Waals surface area contributed by atoms with Crippen molar-refractivity contribution in [2.45, 2.75) is 109 Å². The number of fused-ring (bicyclic) bond motifs is 2. The zero-order chi connectivity index (χ0) is 92.2. The number of nitrogens with one attached hydrogen (secondary N) is 6. The van der Waals surface area contributed by atoms with Gasteiger partial charge in [-0.05, 0) is 216 Å². The molecule has 0 unspecified atom stereocenters. The van der Waals surface area contributed by atoms with E-state index in [0.29, 0.717) is 81.6 Å². The lowest BCUT2D eigenvalue weighted by molar-refractivity contribution is -0.137.